The molecule has 0 aliphatic rings. The Morgan fingerprint density at radius 3 is 2.81 bits per heavy atom. The van der Waals surface area contributed by atoms with Gasteiger partial charge in [-0.05, 0) is 6.42 Å². The third-order valence-electron chi connectivity index (χ3n) is 2.67. The van der Waals surface area contributed by atoms with E-state index in [-0.39, 0.29) is 12.8 Å². The Morgan fingerprint density at radius 2 is 2.24 bits per heavy atom. The second-order valence-electron chi connectivity index (χ2n) is 4.19. The molecule has 0 saturated carbocycles. The van der Waals surface area contributed by atoms with Crippen LogP contribution in [0, 0.1) is 0 Å². The maximum atomic E-state index is 11.6. The molecule has 4 N–H and O–H groups in total. The Labute approximate surface area is 121 Å². The summed E-state index contributed by atoms with van der Waals surface area (Å²) in [7, 11) is 1.22. The van der Waals surface area contributed by atoms with Gasteiger partial charge in [0.05, 0.1) is 7.11 Å². The Balaban J connectivity index is 2.31. The Bertz CT molecular complexity index is 474. The number of ether oxygens (including phenoxy) is 1. The highest BCUT2D eigenvalue weighted by molar-refractivity contribution is 5.83. The van der Waals surface area contributed by atoms with Crippen LogP contribution >= 0.6 is 0 Å². The lowest BCUT2D eigenvalue weighted by Crippen LogP contribution is -2.46. The van der Waals surface area contributed by atoms with Gasteiger partial charge in [0, 0.05) is 31.8 Å². The van der Waals surface area contributed by atoms with Crippen molar-refractivity contribution in [1.29, 1.82) is 0 Å². The van der Waals surface area contributed by atoms with E-state index in [0.29, 0.717) is 13.0 Å². The predicted molar refractivity (Wildman–Crippen MR) is 71.5 cm³/mol. The number of aromatic nitrogens is 2. The average molecular weight is 298 g/mol. The minimum absolute atomic E-state index is 0.0341. The molecule has 0 spiro atoms. The molecule has 1 rings (SSSR count). The maximum absolute atomic E-state index is 11.6. The number of imidazole rings is 1. The highest BCUT2D eigenvalue weighted by Gasteiger charge is 2.20. The van der Waals surface area contributed by atoms with E-state index in [2.05, 4.69) is 25.3 Å². The van der Waals surface area contributed by atoms with Crippen molar-refractivity contribution < 1.29 is 24.2 Å². The number of esters is 1. The Kier molecular flexibility index (Phi) is 6.72. The van der Waals surface area contributed by atoms with Crippen LogP contribution in [0.2, 0.25) is 0 Å². The molecule has 1 heterocycles. The summed E-state index contributed by atoms with van der Waals surface area (Å²) in [5.74, 6) is -1.02. The first-order valence-corrected chi connectivity index (χ1v) is 6.35. The number of aliphatic carboxylic acids is 1. The van der Waals surface area contributed by atoms with Gasteiger partial charge in [0.25, 0.3) is 0 Å². The zero-order valence-electron chi connectivity index (χ0n) is 11.6. The summed E-state index contributed by atoms with van der Waals surface area (Å²) in [4.78, 5) is 40.4. The van der Waals surface area contributed by atoms with Crippen LogP contribution in [-0.2, 0) is 20.7 Å². The summed E-state index contributed by atoms with van der Waals surface area (Å²) in [6.45, 7) is 0.308. The zero-order valence-corrected chi connectivity index (χ0v) is 11.6. The normalized spacial score (nSPS) is 11.5. The van der Waals surface area contributed by atoms with E-state index < -0.39 is 24.0 Å². The van der Waals surface area contributed by atoms with E-state index in [0.717, 1.165) is 5.82 Å². The van der Waals surface area contributed by atoms with E-state index in [1.165, 1.54) is 7.11 Å². The summed E-state index contributed by atoms with van der Waals surface area (Å²) < 4.78 is 4.42. The van der Waals surface area contributed by atoms with Crippen LogP contribution in [0.25, 0.3) is 0 Å². The lowest BCUT2D eigenvalue weighted by Gasteiger charge is -2.14. The zero-order chi connectivity index (χ0) is 15.7. The SMILES string of the molecule is COC(=O)CC[C@@H](NC(=O)NCCc1ncc[nH]1)C(=O)O. The molecule has 0 bridgehead atoms. The largest absolute Gasteiger partial charge is 0.480 e. The molecule has 0 aliphatic carbocycles. The van der Waals surface area contributed by atoms with Crippen molar-refractivity contribution in [1.82, 2.24) is 20.6 Å². The quantitative estimate of drug-likeness (QED) is 0.485. The average Bonchev–Trinajstić information content (AvgIpc) is 2.95. The van der Waals surface area contributed by atoms with Crippen LogP contribution < -0.4 is 10.6 Å². The number of nitrogens with one attached hydrogen (secondary N) is 3. The minimum Gasteiger partial charge on any atom is -0.480 e. The van der Waals surface area contributed by atoms with Crippen LogP contribution in [0.3, 0.4) is 0 Å². The van der Waals surface area contributed by atoms with Gasteiger partial charge in [-0.1, -0.05) is 0 Å². The highest BCUT2D eigenvalue weighted by atomic mass is 16.5. The topological polar surface area (TPSA) is 133 Å². The van der Waals surface area contributed by atoms with Crippen LogP contribution in [-0.4, -0.2) is 52.7 Å². The number of H-pyrrole nitrogens is 1. The van der Waals surface area contributed by atoms with Crippen molar-refractivity contribution >= 4 is 18.0 Å². The molecule has 0 saturated heterocycles. The van der Waals surface area contributed by atoms with Gasteiger partial charge >= 0.3 is 18.0 Å². The molecular weight excluding hydrogens is 280 g/mol. The Hall–Kier alpha value is -2.58. The number of carboxylic acid groups (broad SMARTS) is 1. The Morgan fingerprint density at radius 1 is 1.48 bits per heavy atom. The fourth-order valence-electron chi connectivity index (χ4n) is 1.56. The summed E-state index contributed by atoms with van der Waals surface area (Å²) >= 11 is 0. The molecule has 9 heteroatoms. The van der Waals surface area contributed by atoms with Gasteiger partial charge in [0.1, 0.15) is 11.9 Å². The molecular formula is C12H18N4O5. The predicted octanol–water partition coefficient (Wildman–Crippen LogP) is -0.342. The summed E-state index contributed by atoms with van der Waals surface area (Å²) in [6.07, 6.45) is 3.65. The van der Waals surface area contributed by atoms with Crippen molar-refractivity contribution in [2.75, 3.05) is 13.7 Å². The molecule has 0 aromatic carbocycles. The van der Waals surface area contributed by atoms with E-state index in [9.17, 15) is 14.4 Å². The number of carbonyl (C=O) groups is 3. The van der Waals surface area contributed by atoms with Crippen molar-refractivity contribution in [3.05, 3.63) is 18.2 Å². The fraction of sp³-hybridized carbons (Fsp3) is 0.500. The number of hydrogen-bond donors (Lipinski definition) is 4. The van der Waals surface area contributed by atoms with E-state index in [1.54, 1.807) is 12.4 Å². The molecule has 0 unspecified atom stereocenters. The van der Waals surface area contributed by atoms with Crippen LogP contribution in [0.4, 0.5) is 4.79 Å². The molecule has 0 aliphatic heterocycles. The number of carbonyl (C=O) groups excluding carboxylic acids is 2. The smallest absolute Gasteiger partial charge is 0.326 e. The first-order valence-electron chi connectivity index (χ1n) is 6.35. The van der Waals surface area contributed by atoms with Crippen LogP contribution in [0.5, 0.6) is 0 Å². The third kappa shape index (κ3) is 6.41. The molecule has 0 radical (unpaired) electrons. The molecule has 9 nitrogen and oxygen atoms in total. The third-order valence-corrected chi connectivity index (χ3v) is 2.67. The summed E-state index contributed by atoms with van der Waals surface area (Å²) in [6, 6.07) is -1.76. The molecule has 116 valence electrons. The maximum Gasteiger partial charge on any atom is 0.326 e. The van der Waals surface area contributed by atoms with Gasteiger partial charge < -0.3 is 25.5 Å². The van der Waals surface area contributed by atoms with Gasteiger partial charge in [-0.3, -0.25) is 4.79 Å². The number of carboxylic acids is 1. The van der Waals surface area contributed by atoms with Gasteiger partial charge in [0.15, 0.2) is 0 Å². The van der Waals surface area contributed by atoms with Crippen molar-refractivity contribution in [2.24, 2.45) is 0 Å². The summed E-state index contributed by atoms with van der Waals surface area (Å²) in [5, 5.41) is 13.8. The standard InChI is InChI=1S/C12H18N4O5/c1-21-10(17)3-2-8(11(18)19)16-12(20)15-5-4-9-13-6-7-14-9/h6-8H,2-5H2,1H3,(H,13,14)(H,18,19)(H2,15,16,20)/t8-/m1/s1. The number of hydrogen-bond acceptors (Lipinski definition) is 5. The number of aromatic amines is 1. The van der Waals surface area contributed by atoms with Crippen LogP contribution in [0.15, 0.2) is 12.4 Å². The van der Waals surface area contributed by atoms with Gasteiger partial charge in [0.2, 0.25) is 0 Å². The number of nitrogens with zero attached hydrogens (tertiary/aromatic N) is 1. The van der Waals surface area contributed by atoms with Gasteiger partial charge in [-0.25, -0.2) is 14.6 Å². The number of rotatable bonds is 8. The van der Waals surface area contributed by atoms with Gasteiger partial charge in [-0.15, -0.1) is 0 Å². The molecule has 21 heavy (non-hydrogen) atoms. The van der Waals surface area contributed by atoms with Crippen LogP contribution in [0.1, 0.15) is 18.7 Å². The van der Waals surface area contributed by atoms with Gasteiger partial charge in [-0.2, -0.15) is 0 Å². The number of methoxy groups -OCH3 is 1. The van der Waals surface area contributed by atoms with E-state index >= 15 is 0 Å². The second kappa shape index (κ2) is 8.56. The minimum atomic E-state index is -1.21. The molecule has 1 aromatic rings. The van der Waals surface area contributed by atoms with E-state index in [4.69, 9.17) is 5.11 Å². The lowest BCUT2D eigenvalue weighted by atomic mass is 10.1. The number of urea groups is 1. The summed E-state index contributed by atoms with van der Waals surface area (Å²) in [5.41, 5.74) is 0. The highest BCUT2D eigenvalue weighted by Crippen LogP contribution is 1.99. The molecule has 1 atom stereocenters. The monoisotopic (exact) mass is 298 g/mol. The van der Waals surface area contributed by atoms with Crippen molar-refractivity contribution in [2.45, 2.75) is 25.3 Å². The molecule has 0 fully saturated rings. The molecule has 1 aromatic heterocycles. The number of amides is 2. The first-order chi connectivity index (χ1) is 10.0. The fourth-order valence-corrected chi connectivity index (χ4v) is 1.56. The second-order valence-corrected chi connectivity index (χ2v) is 4.19. The van der Waals surface area contributed by atoms with Crippen molar-refractivity contribution in [3.63, 3.8) is 0 Å². The first kappa shape index (κ1) is 16.5. The lowest BCUT2D eigenvalue weighted by molar-refractivity contribution is -0.142. The van der Waals surface area contributed by atoms with Crippen molar-refractivity contribution in [3.8, 4) is 0 Å². The van der Waals surface area contributed by atoms with E-state index in [1.807, 2.05) is 0 Å². The molecule has 2 amide bonds.